The molecule has 1 aliphatic heterocycles. The monoisotopic (exact) mass is 439 g/mol. The van der Waals surface area contributed by atoms with Gasteiger partial charge in [0.05, 0.1) is 17.7 Å². The van der Waals surface area contributed by atoms with E-state index < -0.39 is 15.6 Å². The van der Waals surface area contributed by atoms with Crippen LogP contribution in [0.3, 0.4) is 0 Å². The van der Waals surface area contributed by atoms with E-state index in [0.29, 0.717) is 17.0 Å². The van der Waals surface area contributed by atoms with Crippen LogP contribution >= 0.6 is 0 Å². The summed E-state index contributed by atoms with van der Waals surface area (Å²) in [5.41, 5.74) is 2.12. The van der Waals surface area contributed by atoms with Gasteiger partial charge in [-0.25, -0.2) is 12.8 Å². The summed E-state index contributed by atoms with van der Waals surface area (Å²) in [5, 5.41) is 3.43. The van der Waals surface area contributed by atoms with Crippen LogP contribution in [0.1, 0.15) is 23.6 Å². The Kier molecular flexibility index (Phi) is 5.23. The fraction of sp³-hybridized carbons (Fsp3) is 0.167. The minimum atomic E-state index is -3.31. The molecule has 0 aliphatic carbocycles. The number of benzene rings is 3. The highest BCUT2D eigenvalue weighted by molar-refractivity contribution is 7.90. The van der Waals surface area contributed by atoms with Gasteiger partial charge in [0.25, 0.3) is 0 Å². The Labute approximate surface area is 181 Å². The number of sulfone groups is 1. The highest BCUT2D eigenvalue weighted by Crippen LogP contribution is 2.41. The van der Waals surface area contributed by atoms with Crippen LogP contribution < -0.4 is 10.1 Å². The van der Waals surface area contributed by atoms with Gasteiger partial charge in [-0.3, -0.25) is 0 Å². The Morgan fingerprint density at radius 1 is 0.903 bits per heavy atom. The topological polar surface area (TPSA) is 64.6 Å². The maximum absolute atomic E-state index is 13.5. The first-order chi connectivity index (χ1) is 14.7. The van der Waals surface area contributed by atoms with Crippen LogP contribution in [0, 0.1) is 5.82 Å². The minimum absolute atomic E-state index is 0.226. The largest absolute Gasteiger partial charge is 0.497 e. The van der Waals surface area contributed by atoms with Crippen molar-refractivity contribution in [2.45, 2.75) is 17.5 Å². The van der Waals surface area contributed by atoms with Crippen LogP contribution in [0.5, 0.6) is 5.75 Å². The Hall–Kier alpha value is -3.32. The molecule has 0 spiro atoms. The zero-order valence-electron chi connectivity index (χ0n) is 17.3. The predicted molar refractivity (Wildman–Crippen MR) is 117 cm³/mol. The molecule has 1 unspecified atom stereocenters. The molecule has 0 aromatic heterocycles. The van der Waals surface area contributed by atoms with E-state index in [9.17, 15) is 12.8 Å². The molecular formula is C24H22FNO4S. The molecule has 3 aromatic rings. The maximum Gasteiger partial charge on any atom is 0.204 e. The molecule has 0 saturated heterocycles. The van der Waals surface area contributed by atoms with Crippen molar-refractivity contribution in [3.05, 3.63) is 95.3 Å². The van der Waals surface area contributed by atoms with E-state index >= 15 is 0 Å². The van der Waals surface area contributed by atoms with Crippen LogP contribution in [-0.2, 0) is 20.3 Å². The molecule has 1 heterocycles. The van der Waals surface area contributed by atoms with Gasteiger partial charge in [0, 0.05) is 22.9 Å². The Morgan fingerprint density at radius 3 is 2.03 bits per heavy atom. The van der Waals surface area contributed by atoms with Gasteiger partial charge in [-0.2, -0.15) is 0 Å². The number of nitrogens with one attached hydrogen (secondary N) is 1. The number of hydrogen-bond acceptors (Lipinski definition) is 5. The van der Waals surface area contributed by atoms with Gasteiger partial charge < -0.3 is 14.8 Å². The third kappa shape index (κ3) is 4.14. The van der Waals surface area contributed by atoms with E-state index in [2.05, 4.69) is 5.32 Å². The summed E-state index contributed by atoms with van der Waals surface area (Å²) in [5.74, 6) is 0.943. The highest BCUT2D eigenvalue weighted by Gasteiger charge is 2.38. The van der Waals surface area contributed by atoms with Gasteiger partial charge in [0.15, 0.2) is 15.6 Å². The molecule has 1 aliphatic rings. The van der Waals surface area contributed by atoms with E-state index in [0.717, 1.165) is 16.9 Å². The average Bonchev–Trinajstić information content (AvgIpc) is 3.13. The zero-order chi connectivity index (χ0) is 22.2. The van der Waals surface area contributed by atoms with Gasteiger partial charge >= 0.3 is 0 Å². The normalized spacial score (nSPS) is 18.5. The summed E-state index contributed by atoms with van der Waals surface area (Å²) in [7, 11) is -1.71. The summed E-state index contributed by atoms with van der Waals surface area (Å²) in [6.07, 6.45) is 1.17. The maximum atomic E-state index is 13.5. The second-order valence-electron chi connectivity index (χ2n) is 7.50. The first-order valence-corrected chi connectivity index (χ1v) is 11.5. The quantitative estimate of drug-likeness (QED) is 0.632. The molecule has 0 bridgehead atoms. The SMILES string of the molecule is COc1ccc(C2(C)NC(c3ccc(F)cc3)=C(c3ccc(S(C)(=O)=O)cc3)O2)cc1. The number of methoxy groups -OCH3 is 1. The molecule has 0 amide bonds. The van der Waals surface area contributed by atoms with E-state index in [1.54, 1.807) is 43.5 Å². The molecule has 0 fully saturated rings. The average molecular weight is 440 g/mol. The number of halogens is 1. The van der Waals surface area contributed by atoms with Crippen molar-refractivity contribution in [2.75, 3.05) is 13.4 Å². The fourth-order valence-electron chi connectivity index (χ4n) is 3.49. The molecule has 3 aromatic carbocycles. The molecule has 0 saturated carbocycles. The highest BCUT2D eigenvalue weighted by atomic mass is 32.2. The Bertz CT molecular complexity index is 1230. The van der Waals surface area contributed by atoms with Gasteiger partial charge in [0.2, 0.25) is 5.72 Å². The van der Waals surface area contributed by atoms with Gasteiger partial charge in [-0.1, -0.05) is 0 Å². The van der Waals surface area contributed by atoms with Crippen molar-refractivity contribution in [2.24, 2.45) is 0 Å². The van der Waals surface area contributed by atoms with Crippen molar-refractivity contribution in [3.63, 3.8) is 0 Å². The minimum Gasteiger partial charge on any atom is -0.497 e. The molecule has 7 heteroatoms. The van der Waals surface area contributed by atoms with E-state index in [1.165, 1.54) is 18.4 Å². The van der Waals surface area contributed by atoms with Gasteiger partial charge in [0.1, 0.15) is 11.6 Å². The number of ether oxygens (including phenoxy) is 2. The van der Waals surface area contributed by atoms with Crippen molar-refractivity contribution in [3.8, 4) is 5.75 Å². The lowest BCUT2D eigenvalue weighted by Crippen LogP contribution is -2.35. The van der Waals surface area contributed by atoms with Crippen molar-refractivity contribution in [1.82, 2.24) is 5.32 Å². The van der Waals surface area contributed by atoms with Crippen molar-refractivity contribution >= 4 is 21.3 Å². The molecule has 160 valence electrons. The summed E-state index contributed by atoms with van der Waals surface area (Å²) in [6, 6.07) is 20.1. The lowest BCUT2D eigenvalue weighted by atomic mass is 10.0. The van der Waals surface area contributed by atoms with Gasteiger partial charge in [-0.05, 0) is 79.7 Å². The third-order valence-corrected chi connectivity index (χ3v) is 6.34. The lowest BCUT2D eigenvalue weighted by molar-refractivity contribution is 0.0564. The zero-order valence-corrected chi connectivity index (χ0v) is 18.2. The van der Waals surface area contributed by atoms with E-state index in [-0.39, 0.29) is 10.7 Å². The molecule has 4 rings (SSSR count). The smallest absolute Gasteiger partial charge is 0.204 e. The fourth-order valence-corrected chi connectivity index (χ4v) is 4.12. The third-order valence-electron chi connectivity index (χ3n) is 5.22. The van der Waals surface area contributed by atoms with E-state index in [4.69, 9.17) is 9.47 Å². The van der Waals surface area contributed by atoms with Crippen LogP contribution in [0.25, 0.3) is 11.5 Å². The molecule has 5 nitrogen and oxygen atoms in total. The Morgan fingerprint density at radius 2 is 1.48 bits per heavy atom. The van der Waals surface area contributed by atoms with Crippen LogP contribution in [0.15, 0.2) is 77.7 Å². The molecular weight excluding hydrogens is 417 g/mol. The second-order valence-corrected chi connectivity index (χ2v) is 9.51. The molecule has 31 heavy (non-hydrogen) atoms. The van der Waals surface area contributed by atoms with Crippen molar-refractivity contribution in [1.29, 1.82) is 0 Å². The first kappa shape index (κ1) is 20.9. The van der Waals surface area contributed by atoms with Crippen LogP contribution in [0.4, 0.5) is 4.39 Å². The summed E-state index contributed by atoms with van der Waals surface area (Å²) >= 11 is 0. The van der Waals surface area contributed by atoms with Gasteiger partial charge in [-0.15, -0.1) is 0 Å². The summed E-state index contributed by atoms with van der Waals surface area (Å²) < 4.78 is 48.8. The Balaban J connectivity index is 1.78. The first-order valence-electron chi connectivity index (χ1n) is 9.62. The molecule has 1 N–H and O–H groups in total. The summed E-state index contributed by atoms with van der Waals surface area (Å²) in [4.78, 5) is 0.226. The van der Waals surface area contributed by atoms with E-state index in [1.807, 2.05) is 31.2 Å². The number of hydrogen-bond donors (Lipinski definition) is 1. The van der Waals surface area contributed by atoms with Crippen LogP contribution in [-0.4, -0.2) is 21.8 Å². The standard InChI is InChI=1S/C24H22FNO4S/c1-24(18-8-12-20(29-2)13-9-18)26-22(16-4-10-19(25)11-5-16)23(30-24)17-6-14-21(15-7-17)31(3,27)28/h4-15,26H,1-3H3. The number of rotatable bonds is 5. The lowest BCUT2D eigenvalue weighted by Gasteiger charge is -2.27. The van der Waals surface area contributed by atoms with Crippen LogP contribution in [0.2, 0.25) is 0 Å². The molecule has 1 atom stereocenters. The molecule has 0 radical (unpaired) electrons. The van der Waals surface area contributed by atoms with Crippen molar-refractivity contribution < 1.29 is 22.3 Å². The summed E-state index contributed by atoms with van der Waals surface area (Å²) in [6.45, 7) is 1.90. The predicted octanol–water partition coefficient (Wildman–Crippen LogP) is 4.56. The second kappa shape index (κ2) is 7.74.